The Morgan fingerprint density at radius 1 is 1.14 bits per heavy atom. The molecule has 35 heavy (non-hydrogen) atoms. The van der Waals surface area contributed by atoms with Gasteiger partial charge in [0.1, 0.15) is 0 Å². The van der Waals surface area contributed by atoms with Gasteiger partial charge in [-0.2, -0.15) is 0 Å². The molecule has 1 aromatic heterocycles. The number of carbonyl (C=O) groups excluding carboxylic acids is 1. The first-order valence-corrected chi connectivity index (χ1v) is 12.2. The molecule has 0 saturated carbocycles. The number of fused-ring (bicyclic) bond motifs is 1. The highest BCUT2D eigenvalue weighted by molar-refractivity contribution is 7.07. The molecule has 2 aromatic carbocycles. The van der Waals surface area contributed by atoms with E-state index in [-0.39, 0.29) is 17.7 Å². The van der Waals surface area contributed by atoms with E-state index in [1.165, 1.54) is 23.5 Å². The highest BCUT2D eigenvalue weighted by Crippen LogP contribution is 2.31. The van der Waals surface area contributed by atoms with Gasteiger partial charge in [-0.25, -0.2) is 14.6 Å². The van der Waals surface area contributed by atoms with Crippen LogP contribution in [0.1, 0.15) is 66.7 Å². The minimum Gasteiger partial charge on any atom is -0.478 e. The van der Waals surface area contributed by atoms with Crippen LogP contribution in [0.2, 0.25) is 0 Å². The quantitative estimate of drug-likeness (QED) is 0.532. The Labute approximate surface area is 206 Å². The molecule has 0 aliphatic carbocycles. The number of benzene rings is 2. The van der Waals surface area contributed by atoms with Crippen LogP contribution in [0.25, 0.3) is 6.08 Å². The molecule has 0 spiro atoms. The molecule has 1 N–H and O–H groups in total. The molecule has 0 bridgehead atoms. The lowest BCUT2D eigenvalue weighted by molar-refractivity contribution is -0.139. The minimum atomic E-state index is -1.01. The van der Waals surface area contributed by atoms with Gasteiger partial charge >= 0.3 is 11.9 Å². The number of allylic oxidation sites excluding steroid dienone is 1. The van der Waals surface area contributed by atoms with E-state index in [0.717, 1.165) is 11.1 Å². The summed E-state index contributed by atoms with van der Waals surface area (Å²) in [6, 6.07) is 13.5. The number of esters is 1. The molecule has 3 aromatic rings. The monoisotopic (exact) mass is 490 g/mol. The predicted molar refractivity (Wildman–Crippen MR) is 134 cm³/mol. The minimum absolute atomic E-state index is 0.170. The molecule has 8 heteroatoms. The van der Waals surface area contributed by atoms with Crippen LogP contribution < -0.4 is 14.9 Å². The number of aromatic nitrogens is 1. The number of aromatic carboxylic acids is 1. The summed E-state index contributed by atoms with van der Waals surface area (Å²) in [5, 5.41) is 9.12. The Bertz CT molecular complexity index is 1490. The standard InChI is InChI=1S/C27H26N2O5S/c1-5-34-26(33)22-16(4)28-27-29(23(22)19-12-10-18(11-13-19)15(2)3)24(30)21(35-27)14-17-6-8-20(9-7-17)25(31)32/h6-15,23H,5H2,1-4H3,(H,31,32)/t23-/m1/s1. The summed E-state index contributed by atoms with van der Waals surface area (Å²) in [6.45, 7) is 7.92. The summed E-state index contributed by atoms with van der Waals surface area (Å²) < 4.78 is 7.31. The van der Waals surface area contributed by atoms with E-state index in [4.69, 9.17) is 9.84 Å². The number of carbonyl (C=O) groups is 2. The SMILES string of the molecule is CCOC(=O)C1=C(C)N=c2sc(=Cc3ccc(C(=O)O)cc3)c(=O)n2[C@@H]1c1ccc(C(C)C)cc1. The van der Waals surface area contributed by atoms with Crippen LogP contribution in [0.4, 0.5) is 0 Å². The Morgan fingerprint density at radius 3 is 2.37 bits per heavy atom. The maximum absolute atomic E-state index is 13.6. The molecule has 180 valence electrons. The second-order valence-corrected chi connectivity index (χ2v) is 9.56. The topological polar surface area (TPSA) is 98.0 Å². The van der Waals surface area contributed by atoms with E-state index >= 15 is 0 Å². The maximum atomic E-state index is 13.6. The Morgan fingerprint density at radius 2 is 1.80 bits per heavy atom. The third-order valence-electron chi connectivity index (χ3n) is 5.89. The summed E-state index contributed by atoms with van der Waals surface area (Å²) in [5.74, 6) is -1.16. The van der Waals surface area contributed by atoms with E-state index in [0.29, 0.717) is 32.1 Å². The maximum Gasteiger partial charge on any atom is 0.338 e. The van der Waals surface area contributed by atoms with Crippen molar-refractivity contribution in [1.29, 1.82) is 0 Å². The van der Waals surface area contributed by atoms with Crippen LogP contribution in [-0.2, 0) is 9.53 Å². The van der Waals surface area contributed by atoms with Crippen LogP contribution in [0.5, 0.6) is 0 Å². The molecule has 2 heterocycles. The molecule has 1 aliphatic heterocycles. The second kappa shape index (κ2) is 9.84. The first kappa shape index (κ1) is 24.3. The lowest BCUT2D eigenvalue weighted by Crippen LogP contribution is -2.39. The van der Waals surface area contributed by atoms with Gasteiger partial charge in [0.25, 0.3) is 5.56 Å². The zero-order chi connectivity index (χ0) is 25.3. The van der Waals surface area contributed by atoms with Crippen molar-refractivity contribution >= 4 is 29.4 Å². The lowest BCUT2D eigenvalue weighted by Gasteiger charge is -2.25. The molecule has 4 rings (SSSR count). The highest BCUT2D eigenvalue weighted by atomic mass is 32.1. The first-order valence-electron chi connectivity index (χ1n) is 11.3. The first-order chi connectivity index (χ1) is 16.7. The largest absolute Gasteiger partial charge is 0.478 e. The molecular formula is C27H26N2O5S. The number of hydrogen-bond acceptors (Lipinski definition) is 6. The van der Waals surface area contributed by atoms with Crippen LogP contribution in [0.15, 0.2) is 69.6 Å². The van der Waals surface area contributed by atoms with Crippen molar-refractivity contribution in [2.24, 2.45) is 4.99 Å². The Hall–Kier alpha value is -3.78. The number of carboxylic acids is 1. The molecule has 7 nitrogen and oxygen atoms in total. The molecule has 0 fully saturated rings. The zero-order valence-corrected chi connectivity index (χ0v) is 20.8. The van der Waals surface area contributed by atoms with Crippen molar-refractivity contribution in [2.75, 3.05) is 6.61 Å². The van der Waals surface area contributed by atoms with Gasteiger partial charge in [0.2, 0.25) is 0 Å². The number of ether oxygens (including phenoxy) is 1. The van der Waals surface area contributed by atoms with Crippen LogP contribution in [0.3, 0.4) is 0 Å². The average molecular weight is 491 g/mol. The van der Waals surface area contributed by atoms with E-state index < -0.39 is 18.0 Å². The normalized spacial score (nSPS) is 15.7. The van der Waals surface area contributed by atoms with Crippen molar-refractivity contribution < 1.29 is 19.4 Å². The van der Waals surface area contributed by atoms with Crippen molar-refractivity contribution in [1.82, 2.24) is 4.57 Å². The fourth-order valence-electron chi connectivity index (χ4n) is 4.04. The number of thiazole rings is 1. The second-order valence-electron chi connectivity index (χ2n) is 8.55. The van der Waals surface area contributed by atoms with Gasteiger partial charge in [0.15, 0.2) is 4.80 Å². The Balaban J connectivity index is 1.89. The molecule has 0 saturated heterocycles. The summed E-state index contributed by atoms with van der Waals surface area (Å²) in [4.78, 5) is 42.8. The van der Waals surface area contributed by atoms with Gasteiger partial charge < -0.3 is 9.84 Å². The van der Waals surface area contributed by atoms with Crippen molar-refractivity contribution in [3.8, 4) is 0 Å². The molecule has 1 atom stereocenters. The smallest absolute Gasteiger partial charge is 0.338 e. The van der Waals surface area contributed by atoms with Crippen molar-refractivity contribution in [3.05, 3.63) is 102 Å². The fraction of sp³-hybridized carbons (Fsp3) is 0.259. The number of carboxylic acid groups (broad SMARTS) is 1. The van der Waals surface area contributed by atoms with Crippen LogP contribution in [-0.4, -0.2) is 28.2 Å². The van der Waals surface area contributed by atoms with Crippen LogP contribution >= 0.6 is 11.3 Å². The molecule has 1 aliphatic rings. The van der Waals surface area contributed by atoms with Gasteiger partial charge in [-0.1, -0.05) is 61.6 Å². The number of rotatable bonds is 6. The number of hydrogen-bond donors (Lipinski definition) is 1. The Kier molecular flexibility index (Phi) is 6.84. The van der Waals surface area contributed by atoms with Gasteiger partial charge in [0, 0.05) is 0 Å². The van der Waals surface area contributed by atoms with Gasteiger partial charge in [-0.15, -0.1) is 0 Å². The summed E-state index contributed by atoms with van der Waals surface area (Å²) in [6.07, 6.45) is 1.71. The molecular weight excluding hydrogens is 464 g/mol. The summed E-state index contributed by atoms with van der Waals surface area (Å²) in [7, 11) is 0. The molecule has 0 radical (unpaired) electrons. The third-order valence-corrected chi connectivity index (χ3v) is 6.87. The predicted octanol–water partition coefficient (Wildman–Crippen LogP) is 3.62. The van der Waals surface area contributed by atoms with E-state index in [1.807, 2.05) is 24.3 Å². The van der Waals surface area contributed by atoms with Gasteiger partial charge in [-0.3, -0.25) is 9.36 Å². The fourth-order valence-corrected chi connectivity index (χ4v) is 5.09. The van der Waals surface area contributed by atoms with Crippen molar-refractivity contribution in [2.45, 2.75) is 39.7 Å². The van der Waals surface area contributed by atoms with E-state index in [2.05, 4.69) is 18.8 Å². The number of nitrogens with zero attached hydrogens (tertiary/aromatic N) is 2. The van der Waals surface area contributed by atoms with Crippen molar-refractivity contribution in [3.63, 3.8) is 0 Å². The van der Waals surface area contributed by atoms with Gasteiger partial charge in [-0.05, 0) is 54.7 Å². The highest BCUT2D eigenvalue weighted by Gasteiger charge is 2.33. The lowest BCUT2D eigenvalue weighted by atomic mass is 9.93. The third kappa shape index (κ3) is 4.74. The summed E-state index contributed by atoms with van der Waals surface area (Å²) >= 11 is 1.23. The van der Waals surface area contributed by atoms with Crippen LogP contribution in [0, 0.1) is 0 Å². The zero-order valence-electron chi connectivity index (χ0n) is 19.9. The van der Waals surface area contributed by atoms with E-state index in [9.17, 15) is 14.4 Å². The molecule has 0 unspecified atom stereocenters. The molecule has 0 amide bonds. The van der Waals surface area contributed by atoms with Gasteiger partial charge in [0.05, 0.1) is 34.0 Å². The van der Waals surface area contributed by atoms with E-state index in [1.54, 1.807) is 36.6 Å². The summed E-state index contributed by atoms with van der Waals surface area (Å²) in [5.41, 5.74) is 3.40. The average Bonchev–Trinajstić information content (AvgIpc) is 3.13.